The Hall–Kier alpha value is -2.08. The molecule has 142 valence electrons. The summed E-state index contributed by atoms with van der Waals surface area (Å²) in [6, 6.07) is 3.69. The van der Waals surface area contributed by atoms with Gasteiger partial charge in [0.25, 0.3) is 11.5 Å². The summed E-state index contributed by atoms with van der Waals surface area (Å²) >= 11 is 1.46. The van der Waals surface area contributed by atoms with Crippen LogP contribution in [0.25, 0.3) is 0 Å². The van der Waals surface area contributed by atoms with Crippen LogP contribution in [0.3, 0.4) is 0 Å². The van der Waals surface area contributed by atoms with Crippen molar-refractivity contribution in [2.75, 3.05) is 16.6 Å². The molecule has 0 aromatic carbocycles. The maximum Gasteiger partial charge on any atom is 0.297 e. The van der Waals surface area contributed by atoms with Crippen LogP contribution in [0.15, 0.2) is 22.3 Å². The van der Waals surface area contributed by atoms with Crippen molar-refractivity contribution in [2.45, 2.75) is 19.4 Å². The van der Waals surface area contributed by atoms with Crippen LogP contribution >= 0.6 is 22.1 Å². The predicted octanol–water partition coefficient (Wildman–Crippen LogP) is 1.74. The number of aromatic hydroxyl groups is 1. The molecule has 2 aromatic heterocycles. The Morgan fingerprint density at radius 3 is 2.85 bits per heavy atom. The lowest BCUT2D eigenvalue weighted by molar-refractivity contribution is 0.0942. The molecule has 11 heteroatoms. The Morgan fingerprint density at radius 1 is 1.42 bits per heavy atom. The first-order valence-corrected chi connectivity index (χ1v) is 10.5. The average molecular weight is 400 g/mol. The number of nitrogens with one attached hydrogen (secondary N) is 1. The van der Waals surface area contributed by atoms with Gasteiger partial charge in [-0.2, -0.15) is 0 Å². The highest BCUT2D eigenvalue weighted by atomic mass is 32.3. The zero-order chi connectivity index (χ0) is 18.9. The van der Waals surface area contributed by atoms with Crippen molar-refractivity contribution in [1.29, 1.82) is 0 Å². The summed E-state index contributed by atoms with van der Waals surface area (Å²) in [7, 11) is -1.76. The van der Waals surface area contributed by atoms with Gasteiger partial charge in [0.2, 0.25) is 11.7 Å². The van der Waals surface area contributed by atoms with Gasteiger partial charge in [-0.15, -0.1) is 22.1 Å². The summed E-state index contributed by atoms with van der Waals surface area (Å²) in [4.78, 5) is 29.7. The number of hydrogen-bond acceptors (Lipinski definition) is 8. The summed E-state index contributed by atoms with van der Waals surface area (Å²) in [5, 5.41) is 14.5. The number of aromatic nitrogens is 2. The number of amides is 1. The molecule has 0 atom stereocenters. The lowest BCUT2D eigenvalue weighted by atomic mass is 10.3. The molecule has 0 saturated carbocycles. The van der Waals surface area contributed by atoms with Gasteiger partial charge in [0.15, 0.2) is 5.69 Å². The van der Waals surface area contributed by atoms with E-state index >= 15 is 0 Å². The fourth-order valence-corrected chi connectivity index (χ4v) is 4.97. The molecule has 1 amide bonds. The number of thiophene rings is 1. The fourth-order valence-electron chi connectivity index (χ4n) is 2.66. The third kappa shape index (κ3) is 3.56. The van der Waals surface area contributed by atoms with Gasteiger partial charge in [0.05, 0.1) is 12.3 Å². The summed E-state index contributed by atoms with van der Waals surface area (Å²) in [6.07, 6.45) is 1.35. The average Bonchev–Trinajstić information content (AvgIpc) is 3.12. The number of anilines is 1. The zero-order valence-corrected chi connectivity index (χ0v) is 15.7. The number of hydrogen-bond donors (Lipinski definition) is 4. The Labute approximate surface area is 155 Å². The molecule has 0 bridgehead atoms. The van der Waals surface area contributed by atoms with Gasteiger partial charge in [0, 0.05) is 18.5 Å². The van der Waals surface area contributed by atoms with E-state index < -0.39 is 33.7 Å². The Morgan fingerprint density at radius 2 is 2.19 bits per heavy atom. The normalized spacial score (nSPS) is 17.7. The first-order chi connectivity index (χ1) is 12.3. The van der Waals surface area contributed by atoms with E-state index in [4.69, 9.17) is 0 Å². The molecule has 1 fully saturated rings. The molecule has 4 N–H and O–H groups in total. The SMILES string of the molecule is Cn1c(N2CCCCS2(O)O)nc(C(=O)NCc2cccs2)c(O)c1=O. The summed E-state index contributed by atoms with van der Waals surface area (Å²) in [5.74, 6) is -1.35. The van der Waals surface area contributed by atoms with E-state index in [1.54, 1.807) is 0 Å². The van der Waals surface area contributed by atoms with Gasteiger partial charge in [-0.25, -0.2) is 9.29 Å². The monoisotopic (exact) mass is 400 g/mol. The molecule has 2 aromatic rings. The van der Waals surface area contributed by atoms with Crippen LogP contribution in [0.5, 0.6) is 5.75 Å². The van der Waals surface area contributed by atoms with Crippen LogP contribution in [0.2, 0.25) is 0 Å². The van der Waals surface area contributed by atoms with E-state index in [1.165, 1.54) is 22.7 Å². The van der Waals surface area contributed by atoms with Gasteiger partial charge < -0.3 is 10.4 Å². The van der Waals surface area contributed by atoms with E-state index in [2.05, 4.69) is 10.3 Å². The maximum atomic E-state index is 12.4. The Bertz CT molecular complexity index is 866. The van der Waals surface area contributed by atoms with Crippen molar-refractivity contribution in [3.8, 4) is 5.75 Å². The summed E-state index contributed by atoms with van der Waals surface area (Å²) < 4.78 is 22.8. The number of carbonyl (C=O) groups is 1. The van der Waals surface area contributed by atoms with Crippen LogP contribution in [0.4, 0.5) is 5.95 Å². The van der Waals surface area contributed by atoms with Crippen LogP contribution in [0, 0.1) is 0 Å². The molecule has 0 unspecified atom stereocenters. The van der Waals surface area contributed by atoms with E-state index in [0.717, 1.165) is 9.44 Å². The second-order valence-electron chi connectivity index (χ2n) is 5.88. The highest BCUT2D eigenvalue weighted by molar-refractivity contribution is 8.25. The summed E-state index contributed by atoms with van der Waals surface area (Å²) in [6.45, 7) is 0.532. The molecule has 26 heavy (non-hydrogen) atoms. The Kier molecular flexibility index (Phi) is 5.23. The van der Waals surface area contributed by atoms with Crippen molar-refractivity contribution < 1.29 is 19.0 Å². The van der Waals surface area contributed by atoms with E-state index in [1.807, 2.05) is 17.5 Å². The third-order valence-corrected chi connectivity index (χ3v) is 6.83. The molecule has 0 spiro atoms. The van der Waals surface area contributed by atoms with Crippen molar-refractivity contribution >= 4 is 34.0 Å². The lowest BCUT2D eigenvalue weighted by Gasteiger charge is -2.46. The first-order valence-electron chi connectivity index (χ1n) is 7.95. The first kappa shape index (κ1) is 18.7. The second-order valence-corrected chi connectivity index (χ2v) is 9.03. The maximum absolute atomic E-state index is 12.4. The van der Waals surface area contributed by atoms with Gasteiger partial charge in [0.1, 0.15) is 0 Å². The minimum Gasteiger partial charge on any atom is -0.501 e. The molecule has 1 saturated heterocycles. The van der Waals surface area contributed by atoms with Crippen LogP contribution in [-0.4, -0.2) is 42.0 Å². The molecular weight excluding hydrogens is 380 g/mol. The minimum absolute atomic E-state index is 0.0474. The topological polar surface area (TPSA) is 128 Å². The van der Waals surface area contributed by atoms with Gasteiger partial charge in [-0.05, 0) is 24.3 Å². The minimum atomic E-state index is -3.12. The van der Waals surface area contributed by atoms with E-state index in [0.29, 0.717) is 19.4 Å². The van der Waals surface area contributed by atoms with Crippen LogP contribution in [-0.2, 0) is 13.6 Å². The molecule has 9 nitrogen and oxygen atoms in total. The molecule has 1 aliphatic heterocycles. The van der Waals surface area contributed by atoms with Gasteiger partial charge in [-0.1, -0.05) is 6.07 Å². The van der Waals surface area contributed by atoms with Gasteiger partial charge in [-0.3, -0.25) is 23.3 Å². The van der Waals surface area contributed by atoms with Crippen molar-refractivity contribution in [3.63, 3.8) is 0 Å². The molecule has 0 radical (unpaired) electrons. The standard InChI is InChI=1S/C15H20N4O5S2/c1-18-14(22)12(20)11(13(21)16-9-10-5-4-7-25-10)17-15(18)19-6-2-3-8-26(19,23)24/h4-5,7,20,23-24H,2-3,6,8-9H2,1H3,(H,16,21). The summed E-state index contributed by atoms with van der Waals surface area (Å²) in [5.41, 5.74) is -1.25. The van der Waals surface area contributed by atoms with Crippen molar-refractivity contribution in [2.24, 2.45) is 7.05 Å². The highest BCUT2D eigenvalue weighted by Gasteiger charge is 2.31. The van der Waals surface area contributed by atoms with Crippen LogP contribution < -0.4 is 15.2 Å². The second kappa shape index (κ2) is 7.27. The largest absolute Gasteiger partial charge is 0.501 e. The molecule has 3 heterocycles. The smallest absolute Gasteiger partial charge is 0.297 e. The van der Waals surface area contributed by atoms with Crippen molar-refractivity contribution in [3.05, 3.63) is 38.4 Å². The molecular formula is C15H20N4O5S2. The highest BCUT2D eigenvalue weighted by Crippen LogP contribution is 2.48. The zero-order valence-electron chi connectivity index (χ0n) is 14.1. The van der Waals surface area contributed by atoms with Crippen molar-refractivity contribution in [1.82, 2.24) is 14.9 Å². The molecule has 1 aliphatic rings. The third-order valence-electron chi connectivity index (χ3n) is 4.07. The van der Waals surface area contributed by atoms with Crippen LogP contribution in [0.1, 0.15) is 28.2 Å². The van der Waals surface area contributed by atoms with Gasteiger partial charge >= 0.3 is 0 Å². The number of nitrogens with zero attached hydrogens (tertiary/aromatic N) is 3. The molecule has 3 rings (SSSR count). The predicted molar refractivity (Wildman–Crippen MR) is 101 cm³/mol. The number of rotatable bonds is 4. The lowest BCUT2D eigenvalue weighted by Crippen LogP contribution is -2.39. The van der Waals surface area contributed by atoms with E-state index in [-0.39, 0.29) is 18.2 Å². The number of carbonyl (C=O) groups excluding carboxylic acids is 1. The quantitative estimate of drug-likeness (QED) is 0.615. The fraction of sp³-hybridized carbons (Fsp3) is 0.400. The molecule has 0 aliphatic carbocycles. The van der Waals surface area contributed by atoms with E-state index in [9.17, 15) is 23.8 Å². The Balaban J connectivity index is 1.94.